The molecule has 1 aliphatic rings. The molecule has 17 heteroatoms. The first-order chi connectivity index (χ1) is 25.0. The summed E-state index contributed by atoms with van der Waals surface area (Å²) >= 11 is 1.54. The topological polar surface area (TPSA) is 140 Å². The molecule has 1 saturated heterocycles. The molecular formula is C36H48F5N3O7S2. The number of alkyl halides is 3. The molecule has 3 rings (SSSR count). The first-order valence-corrected chi connectivity index (χ1v) is 20.5. The average Bonchev–Trinajstić information content (AvgIpc) is 3.59. The number of hydrogen-bond donors (Lipinski definition) is 3. The van der Waals surface area contributed by atoms with Gasteiger partial charge in [0.15, 0.2) is 9.84 Å². The highest BCUT2D eigenvalue weighted by atomic mass is 32.2. The van der Waals surface area contributed by atoms with Gasteiger partial charge in [-0.1, -0.05) is 57.9 Å². The van der Waals surface area contributed by atoms with Gasteiger partial charge in [-0.3, -0.25) is 4.79 Å². The van der Waals surface area contributed by atoms with Crippen LogP contribution in [0, 0.1) is 11.6 Å². The minimum atomic E-state index is -5.44. The van der Waals surface area contributed by atoms with Gasteiger partial charge in [0.05, 0.1) is 17.0 Å². The van der Waals surface area contributed by atoms with Gasteiger partial charge in [-0.2, -0.15) is 24.9 Å². The van der Waals surface area contributed by atoms with E-state index in [1.807, 2.05) is 19.1 Å². The highest BCUT2D eigenvalue weighted by molar-refractivity contribution is 7.99. The number of rotatable bonds is 20. The van der Waals surface area contributed by atoms with Gasteiger partial charge in [0.25, 0.3) is 0 Å². The molecule has 10 nitrogen and oxygen atoms in total. The molecule has 2 aromatic carbocycles. The summed E-state index contributed by atoms with van der Waals surface area (Å²) in [4.78, 5) is 39.2. The molecule has 0 saturated carbocycles. The van der Waals surface area contributed by atoms with Gasteiger partial charge in [0.1, 0.15) is 29.9 Å². The molecule has 1 heterocycles. The van der Waals surface area contributed by atoms with E-state index in [1.165, 1.54) is 0 Å². The van der Waals surface area contributed by atoms with E-state index >= 15 is 0 Å². The number of nitrogens with one attached hydrogen (secondary N) is 3. The van der Waals surface area contributed by atoms with Crippen molar-refractivity contribution in [2.75, 3.05) is 23.8 Å². The molecule has 1 fully saturated rings. The Morgan fingerprint density at radius 3 is 2.19 bits per heavy atom. The van der Waals surface area contributed by atoms with E-state index < -0.39 is 93.9 Å². The van der Waals surface area contributed by atoms with Crippen molar-refractivity contribution in [3.8, 4) is 0 Å². The number of alkyl carbamates (subject to hydrolysis) is 1. The lowest BCUT2D eigenvalue weighted by Crippen LogP contribution is -2.58. The molecule has 3 N–H and O–H groups in total. The van der Waals surface area contributed by atoms with E-state index in [4.69, 9.17) is 9.47 Å². The number of carbonyl (C=O) groups excluding carboxylic acids is 3. The summed E-state index contributed by atoms with van der Waals surface area (Å²) in [5.74, 6) is -5.42. The van der Waals surface area contributed by atoms with Crippen molar-refractivity contribution < 1.29 is 54.2 Å². The predicted molar refractivity (Wildman–Crippen MR) is 192 cm³/mol. The van der Waals surface area contributed by atoms with E-state index in [2.05, 4.69) is 16.0 Å². The number of hydrogen-bond acceptors (Lipinski definition) is 9. The van der Waals surface area contributed by atoms with Gasteiger partial charge >= 0.3 is 18.2 Å². The molecule has 4 atom stereocenters. The Balaban J connectivity index is 2.00. The second-order valence-corrected chi connectivity index (χ2v) is 16.4. The highest BCUT2D eigenvalue weighted by Crippen LogP contribution is 2.23. The van der Waals surface area contributed by atoms with E-state index in [0.29, 0.717) is 37.5 Å². The summed E-state index contributed by atoms with van der Waals surface area (Å²) < 4.78 is 107. The monoisotopic (exact) mass is 793 g/mol. The Kier molecular flexibility index (Phi) is 17.3. The number of carbonyl (C=O) groups is 3. The number of esters is 1. The number of sulfone groups is 1. The Morgan fingerprint density at radius 1 is 0.943 bits per heavy atom. The zero-order chi connectivity index (χ0) is 39.2. The maximum absolute atomic E-state index is 14.3. The quantitative estimate of drug-likeness (QED) is 0.112. The second kappa shape index (κ2) is 20.9. The lowest BCUT2D eigenvalue weighted by atomic mass is 9.99. The summed E-state index contributed by atoms with van der Waals surface area (Å²) in [7, 11) is -4.06. The Hall–Kier alpha value is -3.44. The highest BCUT2D eigenvalue weighted by Gasteiger charge is 2.44. The summed E-state index contributed by atoms with van der Waals surface area (Å²) in [5.41, 5.74) is 1.62. The van der Waals surface area contributed by atoms with E-state index in [-0.39, 0.29) is 24.9 Å². The van der Waals surface area contributed by atoms with Crippen LogP contribution in [0.1, 0.15) is 69.6 Å². The Bertz CT molecular complexity index is 1600. The van der Waals surface area contributed by atoms with Crippen molar-refractivity contribution >= 4 is 39.6 Å². The van der Waals surface area contributed by atoms with Crippen LogP contribution < -0.4 is 16.0 Å². The smallest absolute Gasteiger partial charge is 0.452 e. The third-order valence-corrected chi connectivity index (χ3v) is 12.0. The molecule has 2 amide bonds. The Morgan fingerprint density at radius 2 is 1.60 bits per heavy atom. The molecule has 0 aromatic heterocycles. The van der Waals surface area contributed by atoms with E-state index in [9.17, 15) is 44.8 Å². The van der Waals surface area contributed by atoms with Crippen molar-refractivity contribution in [3.05, 3.63) is 70.8 Å². The van der Waals surface area contributed by atoms with Crippen LogP contribution in [0.2, 0.25) is 0 Å². The van der Waals surface area contributed by atoms with Crippen LogP contribution in [0.15, 0.2) is 42.5 Å². The van der Waals surface area contributed by atoms with Gasteiger partial charge in [-0.05, 0) is 66.7 Å². The van der Waals surface area contributed by atoms with Crippen molar-refractivity contribution in [2.45, 2.75) is 108 Å². The number of halogens is 5. The summed E-state index contributed by atoms with van der Waals surface area (Å²) in [5, 5.41) is 6.84. The largest absolute Gasteiger partial charge is 0.490 e. The van der Waals surface area contributed by atoms with Crippen LogP contribution in [0.4, 0.5) is 26.7 Å². The molecule has 296 valence electrons. The number of ether oxygens (including phenoxy) is 2. The fourth-order valence-corrected chi connectivity index (χ4v) is 9.22. The molecule has 2 aromatic rings. The summed E-state index contributed by atoms with van der Waals surface area (Å²) in [6.45, 7) is 5.17. The zero-order valence-electron chi connectivity index (χ0n) is 30.0. The van der Waals surface area contributed by atoms with Gasteiger partial charge in [-0.25, -0.2) is 26.8 Å². The normalized spacial score (nSPS) is 16.5. The van der Waals surface area contributed by atoms with Crippen molar-refractivity contribution in [2.24, 2.45) is 0 Å². The van der Waals surface area contributed by atoms with Gasteiger partial charge in [-0.15, -0.1) is 0 Å². The van der Waals surface area contributed by atoms with E-state index in [0.717, 1.165) is 29.0 Å². The molecular weight excluding hydrogens is 746 g/mol. The Labute approximate surface area is 311 Å². The van der Waals surface area contributed by atoms with Crippen molar-refractivity contribution in [3.63, 3.8) is 0 Å². The first-order valence-electron chi connectivity index (χ1n) is 17.6. The van der Waals surface area contributed by atoms with Crippen LogP contribution in [0.5, 0.6) is 0 Å². The fourth-order valence-electron chi connectivity index (χ4n) is 5.96. The van der Waals surface area contributed by atoms with Crippen LogP contribution in [-0.4, -0.2) is 85.9 Å². The maximum Gasteiger partial charge on any atom is 0.490 e. The van der Waals surface area contributed by atoms with Crippen LogP contribution in [0.25, 0.3) is 0 Å². The predicted octanol–water partition coefficient (Wildman–Crippen LogP) is 5.80. The molecule has 0 aliphatic carbocycles. The summed E-state index contributed by atoms with van der Waals surface area (Å²) in [6, 6.07) is 6.27. The SMILES string of the molecule is CCCC(CCC)S(=O)(=O)C[C@@H](NC(=O)O[C@H]1CCSC1)C(=O)N[C@@H](Cc1cc(F)cc(F)c1)[C@@H](CNCc1cccc(CC)c1)OC(=O)C(F)(F)F. The molecule has 0 spiro atoms. The lowest BCUT2D eigenvalue weighted by molar-refractivity contribution is -0.206. The van der Waals surface area contributed by atoms with E-state index in [1.54, 1.807) is 37.7 Å². The number of aryl methyl sites for hydroxylation is 1. The molecule has 0 unspecified atom stereocenters. The average molecular weight is 794 g/mol. The minimum Gasteiger partial charge on any atom is -0.452 e. The third kappa shape index (κ3) is 14.7. The fraction of sp³-hybridized carbons (Fsp3) is 0.583. The second-order valence-electron chi connectivity index (χ2n) is 13.0. The molecule has 53 heavy (non-hydrogen) atoms. The molecule has 0 bridgehead atoms. The summed E-state index contributed by atoms with van der Waals surface area (Å²) in [6.07, 6.45) is -6.51. The lowest BCUT2D eigenvalue weighted by Gasteiger charge is -2.31. The first kappa shape index (κ1) is 44.0. The van der Waals surface area contributed by atoms with Crippen LogP contribution in [0.3, 0.4) is 0 Å². The van der Waals surface area contributed by atoms with Crippen molar-refractivity contribution in [1.29, 1.82) is 0 Å². The third-order valence-electron chi connectivity index (χ3n) is 8.62. The minimum absolute atomic E-state index is 0.104. The molecule has 0 radical (unpaired) electrons. The van der Waals surface area contributed by atoms with Crippen LogP contribution in [-0.2, 0) is 48.3 Å². The van der Waals surface area contributed by atoms with Gasteiger partial charge in [0, 0.05) is 24.9 Å². The van der Waals surface area contributed by atoms with Crippen molar-refractivity contribution in [1.82, 2.24) is 16.0 Å². The maximum atomic E-state index is 14.3. The van der Waals surface area contributed by atoms with Crippen LogP contribution >= 0.6 is 11.8 Å². The zero-order valence-corrected chi connectivity index (χ0v) is 31.6. The van der Waals surface area contributed by atoms with Gasteiger partial charge in [0.2, 0.25) is 5.91 Å². The van der Waals surface area contributed by atoms with Gasteiger partial charge < -0.3 is 25.4 Å². The molecule has 1 aliphatic heterocycles. The number of benzene rings is 2. The number of amides is 2. The standard InChI is InChI=1S/C36H48F5N3O7S2/c1-4-8-29(9-5-2)53(48,49)22-31(44-35(47)50-28-12-13-52-21-28)33(45)43-30(17-25-15-26(37)18-27(38)16-25)32(51-34(46)36(39,40)41)20-42-19-24-11-7-10-23(6-3)14-24/h7,10-11,14-16,18,28-32,42H,4-6,8-9,12-13,17,19-22H2,1-3H3,(H,43,45)(H,44,47)/t28-,30-,31+,32+/m0/s1. The number of thioether (sulfide) groups is 1.